The molecule has 0 saturated heterocycles. The predicted octanol–water partition coefficient (Wildman–Crippen LogP) is 4.22. The maximum atomic E-state index is 5.75. The van der Waals surface area contributed by atoms with Gasteiger partial charge in [-0.05, 0) is 43.7 Å². The van der Waals surface area contributed by atoms with Gasteiger partial charge < -0.3 is 9.73 Å². The Morgan fingerprint density at radius 2 is 1.81 bits per heavy atom. The Bertz CT molecular complexity index is 722. The highest BCUT2D eigenvalue weighted by Gasteiger charge is 2.14. The van der Waals surface area contributed by atoms with Gasteiger partial charge >= 0.3 is 0 Å². The van der Waals surface area contributed by atoms with Crippen LogP contribution in [-0.4, -0.2) is 10.2 Å². The number of aryl methyl sites for hydroxylation is 1. The van der Waals surface area contributed by atoms with E-state index in [9.17, 15) is 0 Å². The summed E-state index contributed by atoms with van der Waals surface area (Å²) in [5.41, 5.74) is 3.18. The van der Waals surface area contributed by atoms with Crippen LogP contribution in [0.25, 0.3) is 11.5 Å². The zero-order valence-electron chi connectivity index (χ0n) is 12.1. The van der Waals surface area contributed by atoms with Gasteiger partial charge in [0.2, 0.25) is 11.8 Å². The van der Waals surface area contributed by atoms with Crippen LogP contribution in [0.3, 0.4) is 0 Å². The molecule has 0 fully saturated rings. The Balaban J connectivity index is 1.77. The lowest BCUT2D eigenvalue weighted by Crippen LogP contribution is -2.07. The van der Waals surface area contributed by atoms with Gasteiger partial charge in [-0.3, -0.25) is 0 Å². The minimum absolute atomic E-state index is 0.0447. The van der Waals surface area contributed by atoms with Crippen LogP contribution in [0.2, 0.25) is 0 Å². The normalized spacial score (nSPS) is 12.1. The Labute approximate surface area is 123 Å². The second kappa shape index (κ2) is 5.79. The second-order valence-electron chi connectivity index (χ2n) is 5.05. The summed E-state index contributed by atoms with van der Waals surface area (Å²) >= 11 is 0. The third-order valence-corrected chi connectivity index (χ3v) is 3.23. The van der Waals surface area contributed by atoms with Crippen LogP contribution in [0, 0.1) is 6.92 Å². The van der Waals surface area contributed by atoms with Gasteiger partial charge in [0.25, 0.3) is 0 Å². The molecule has 0 radical (unpaired) electrons. The lowest BCUT2D eigenvalue weighted by Gasteiger charge is -2.11. The van der Waals surface area contributed by atoms with Crippen molar-refractivity contribution in [1.82, 2.24) is 10.2 Å². The number of benzene rings is 2. The molecule has 1 aromatic heterocycles. The molecule has 0 unspecified atom stereocenters. The largest absolute Gasteiger partial charge is 0.418 e. The lowest BCUT2D eigenvalue weighted by atomic mass is 10.2. The van der Waals surface area contributed by atoms with Crippen LogP contribution in [0.5, 0.6) is 0 Å². The highest BCUT2D eigenvalue weighted by Crippen LogP contribution is 2.23. The first-order chi connectivity index (χ1) is 10.2. The molecule has 4 heteroatoms. The number of anilines is 1. The number of aromatic nitrogens is 2. The summed E-state index contributed by atoms with van der Waals surface area (Å²) in [5, 5.41) is 11.6. The van der Waals surface area contributed by atoms with Crippen molar-refractivity contribution in [2.24, 2.45) is 0 Å². The van der Waals surface area contributed by atoms with Gasteiger partial charge in [0.15, 0.2) is 0 Å². The minimum Gasteiger partial charge on any atom is -0.418 e. The maximum absolute atomic E-state index is 5.75. The van der Waals surface area contributed by atoms with E-state index in [2.05, 4.69) is 34.6 Å². The smallest absolute Gasteiger partial charge is 0.247 e. The SMILES string of the molecule is Cc1cccc(N[C@@H](C)c2nnc(-c3ccccc3)o2)c1. The third-order valence-electron chi connectivity index (χ3n) is 3.23. The molecule has 3 rings (SSSR count). The summed E-state index contributed by atoms with van der Waals surface area (Å²) < 4.78 is 5.75. The van der Waals surface area contributed by atoms with Crippen molar-refractivity contribution in [1.29, 1.82) is 0 Å². The van der Waals surface area contributed by atoms with Gasteiger partial charge in [0.05, 0.1) is 0 Å². The Morgan fingerprint density at radius 1 is 1.00 bits per heavy atom. The van der Waals surface area contributed by atoms with Gasteiger partial charge in [0.1, 0.15) is 6.04 Å². The molecule has 1 heterocycles. The minimum atomic E-state index is -0.0447. The van der Waals surface area contributed by atoms with Crippen LogP contribution in [0.15, 0.2) is 59.0 Å². The number of rotatable bonds is 4. The fourth-order valence-electron chi connectivity index (χ4n) is 2.15. The van der Waals surface area contributed by atoms with Crippen molar-refractivity contribution in [2.75, 3.05) is 5.32 Å². The zero-order valence-corrected chi connectivity index (χ0v) is 12.1. The van der Waals surface area contributed by atoms with E-state index < -0.39 is 0 Å². The van der Waals surface area contributed by atoms with Gasteiger partial charge in [-0.1, -0.05) is 30.3 Å². The first kappa shape index (κ1) is 13.4. The molecule has 4 nitrogen and oxygen atoms in total. The number of hydrogen-bond acceptors (Lipinski definition) is 4. The van der Waals surface area contributed by atoms with Crippen LogP contribution in [0.4, 0.5) is 5.69 Å². The van der Waals surface area contributed by atoms with E-state index in [1.165, 1.54) is 5.56 Å². The van der Waals surface area contributed by atoms with Gasteiger partial charge in [-0.25, -0.2) is 0 Å². The van der Waals surface area contributed by atoms with E-state index in [1.54, 1.807) is 0 Å². The summed E-state index contributed by atoms with van der Waals surface area (Å²) in [4.78, 5) is 0. The zero-order chi connectivity index (χ0) is 14.7. The number of nitrogens with one attached hydrogen (secondary N) is 1. The standard InChI is InChI=1S/C17H17N3O/c1-12-7-6-10-15(11-12)18-13(2)16-19-20-17(21-16)14-8-4-3-5-9-14/h3-11,13,18H,1-2H3/t13-/m0/s1. The van der Waals surface area contributed by atoms with Gasteiger partial charge in [0, 0.05) is 11.3 Å². The van der Waals surface area contributed by atoms with Crippen LogP contribution in [0.1, 0.15) is 24.4 Å². The van der Waals surface area contributed by atoms with Crippen molar-refractivity contribution in [3.8, 4) is 11.5 Å². The highest BCUT2D eigenvalue weighted by atomic mass is 16.4. The van der Waals surface area contributed by atoms with Crippen molar-refractivity contribution < 1.29 is 4.42 Å². The Morgan fingerprint density at radius 3 is 2.57 bits per heavy atom. The highest BCUT2D eigenvalue weighted by molar-refractivity contribution is 5.52. The van der Waals surface area contributed by atoms with E-state index in [0.29, 0.717) is 11.8 Å². The molecule has 21 heavy (non-hydrogen) atoms. The van der Waals surface area contributed by atoms with E-state index in [-0.39, 0.29) is 6.04 Å². The fraction of sp³-hybridized carbons (Fsp3) is 0.176. The first-order valence-corrected chi connectivity index (χ1v) is 6.94. The lowest BCUT2D eigenvalue weighted by molar-refractivity contribution is 0.485. The summed E-state index contributed by atoms with van der Waals surface area (Å²) in [6, 6.07) is 17.9. The summed E-state index contributed by atoms with van der Waals surface area (Å²) in [5.74, 6) is 1.12. The molecular weight excluding hydrogens is 262 g/mol. The summed E-state index contributed by atoms with van der Waals surface area (Å²) in [7, 11) is 0. The van der Waals surface area contributed by atoms with Crippen molar-refractivity contribution in [2.45, 2.75) is 19.9 Å². The molecule has 3 aromatic rings. The maximum Gasteiger partial charge on any atom is 0.247 e. The Kier molecular flexibility index (Phi) is 3.69. The van der Waals surface area contributed by atoms with E-state index >= 15 is 0 Å². The molecule has 1 N–H and O–H groups in total. The molecule has 2 aromatic carbocycles. The molecule has 1 atom stereocenters. The number of hydrogen-bond donors (Lipinski definition) is 1. The van der Waals surface area contributed by atoms with Crippen LogP contribution < -0.4 is 5.32 Å². The average molecular weight is 279 g/mol. The topological polar surface area (TPSA) is 51.0 Å². The fourth-order valence-corrected chi connectivity index (χ4v) is 2.15. The van der Waals surface area contributed by atoms with E-state index in [1.807, 2.05) is 49.4 Å². The van der Waals surface area contributed by atoms with Crippen LogP contribution >= 0.6 is 0 Å². The van der Waals surface area contributed by atoms with Crippen LogP contribution in [-0.2, 0) is 0 Å². The van der Waals surface area contributed by atoms with Gasteiger partial charge in [-0.2, -0.15) is 0 Å². The Hall–Kier alpha value is -2.62. The molecule has 0 bridgehead atoms. The molecule has 0 spiro atoms. The second-order valence-corrected chi connectivity index (χ2v) is 5.05. The molecule has 0 amide bonds. The van der Waals surface area contributed by atoms with Crippen molar-refractivity contribution in [3.05, 3.63) is 66.1 Å². The number of nitrogens with zero attached hydrogens (tertiary/aromatic N) is 2. The molecule has 0 saturated carbocycles. The first-order valence-electron chi connectivity index (χ1n) is 6.94. The molecule has 106 valence electrons. The summed E-state index contributed by atoms with van der Waals surface area (Å²) in [6.07, 6.45) is 0. The van der Waals surface area contributed by atoms with Crippen molar-refractivity contribution >= 4 is 5.69 Å². The van der Waals surface area contributed by atoms with E-state index in [0.717, 1.165) is 11.3 Å². The molecule has 0 aliphatic heterocycles. The monoisotopic (exact) mass is 279 g/mol. The third kappa shape index (κ3) is 3.11. The predicted molar refractivity (Wildman–Crippen MR) is 83.0 cm³/mol. The van der Waals surface area contributed by atoms with Gasteiger partial charge in [-0.15, -0.1) is 10.2 Å². The summed E-state index contributed by atoms with van der Waals surface area (Å²) in [6.45, 7) is 4.07. The molecule has 0 aliphatic carbocycles. The average Bonchev–Trinajstić information content (AvgIpc) is 2.98. The quantitative estimate of drug-likeness (QED) is 0.777. The van der Waals surface area contributed by atoms with E-state index in [4.69, 9.17) is 4.42 Å². The molecular formula is C17H17N3O. The van der Waals surface area contributed by atoms with Crippen molar-refractivity contribution in [3.63, 3.8) is 0 Å². The molecule has 0 aliphatic rings.